The predicted molar refractivity (Wildman–Crippen MR) is 66.6 cm³/mol. The maximum Gasteiger partial charge on any atom is 0.281 e. The third kappa shape index (κ3) is 5.71. The predicted octanol–water partition coefficient (Wildman–Crippen LogP) is 2.99. The first-order chi connectivity index (χ1) is 8.27. The van der Waals surface area contributed by atoms with Gasteiger partial charge < -0.3 is 39.5 Å². The largest absolute Gasteiger partial charge is 0.745 e. The van der Waals surface area contributed by atoms with Crippen molar-refractivity contribution in [1.82, 2.24) is 0 Å². The van der Waals surface area contributed by atoms with Gasteiger partial charge in [0.15, 0.2) is 0 Å². The number of methoxy groups -OCH3 is 1. The molecule has 0 heterocycles. The van der Waals surface area contributed by atoms with E-state index in [-0.39, 0.29) is 23.0 Å². The van der Waals surface area contributed by atoms with Gasteiger partial charge in [-0.05, 0) is 6.92 Å². The Morgan fingerprint density at radius 1 is 1.22 bits per heavy atom. The molecular weight excluding hydrogens is 272 g/mol. The summed E-state index contributed by atoms with van der Waals surface area (Å²) in [7, 11) is 1.66. The standard InChI is InChI=1S/C8H9O2.C6H7O.Fe/c1-2-10-8(9)7-5-3-4-6-7;1-7-6-4-2-3-5-6;/h3-6H,2H2,1H3;2-5H,1H3;/q-1;-5;. The molecule has 0 aliphatic rings. The fourth-order valence-corrected chi connectivity index (χ4v) is 1.22. The van der Waals surface area contributed by atoms with Gasteiger partial charge in [-0.3, -0.25) is 4.79 Å². The Kier molecular flexibility index (Phi) is 8.71. The van der Waals surface area contributed by atoms with Crippen LogP contribution in [0.15, 0.2) is 48.5 Å². The Morgan fingerprint density at radius 2 is 1.78 bits per heavy atom. The number of hydrogen-bond acceptors (Lipinski definition) is 3. The fourth-order valence-electron chi connectivity index (χ4n) is 1.22. The molecule has 2 aromatic carbocycles. The van der Waals surface area contributed by atoms with Gasteiger partial charge in [-0.1, -0.05) is 5.56 Å². The molecule has 2 rings (SSSR count). The zero-order chi connectivity index (χ0) is 12.5. The number of rotatable bonds is 3. The van der Waals surface area contributed by atoms with Crippen molar-refractivity contribution in [3.8, 4) is 5.75 Å². The Hall–Kier alpha value is -1.51. The minimum absolute atomic E-state index is 0. The molecule has 4 heteroatoms. The average Bonchev–Trinajstić information content (AvgIpc) is 3.03. The van der Waals surface area contributed by atoms with Crippen LogP contribution in [0, 0.1) is 0 Å². The second kappa shape index (κ2) is 9.51. The van der Waals surface area contributed by atoms with Gasteiger partial charge in [0.2, 0.25) is 0 Å². The maximum atomic E-state index is 10.9. The molecule has 0 spiro atoms. The van der Waals surface area contributed by atoms with Gasteiger partial charge in [-0.15, -0.1) is 0 Å². The minimum Gasteiger partial charge on any atom is -0.745 e. The molecule has 0 saturated carbocycles. The molecule has 0 fully saturated rings. The summed E-state index contributed by atoms with van der Waals surface area (Å²) in [6.45, 7) is 2.23. The third-order valence-corrected chi connectivity index (χ3v) is 2.04. The van der Waals surface area contributed by atoms with Gasteiger partial charge in [0.25, 0.3) is 5.97 Å². The summed E-state index contributed by atoms with van der Waals surface area (Å²) in [5.74, 6) is 0.688. The van der Waals surface area contributed by atoms with Gasteiger partial charge in [0, 0.05) is 24.2 Å². The normalized spacial score (nSPS) is 8.56. The monoisotopic (exact) mass is 288 g/mol. The molecule has 0 aliphatic carbocycles. The van der Waals surface area contributed by atoms with Crippen molar-refractivity contribution in [2.24, 2.45) is 0 Å². The van der Waals surface area contributed by atoms with Crippen LogP contribution in [0.1, 0.15) is 17.3 Å². The first-order valence-corrected chi connectivity index (χ1v) is 5.42. The summed E-state index contributed by atoms with van der Waals surface area (Å²) in [4.78, 5) is 10.9. The molecule has 0 bridgehead atoms. The number of ether oxygens (including phenoxy) is 2. The maximum absolute atomic E-state index is 10.9. The van der Waals surface area contributed by atoms with Crippen LogP contribution in [-0.2, 0) is 21.8 Å². The SMILES string of the molecule is CCOC(=O)[c-]1cccc1.CO[c-]1[cH-][cH-][cH-][cH-]1.[Fe]. The molecule has 18 heavy (non-hydrogen) atoms. The van der Waals surface area contributed by atoms with Crippen molar-refractivity contribution >= 4 is 5.97 Å². The van der Waals surface area contributed by atoms with E-state index in [0.717, 1.165) is 5.75 Å². The first-order valence-electron chi connectivity index (χ1n) is 5.42. The Bertz CT molecular complexity index is 404. The van der Waals surface area contributed by atoms with E-state index in [4.69, 9.17) is 9.47 Å². The molecule has 0 unspecified atom stereocenters. The number of carbonyl (C=O) groups is 1. The molecule has 104 valence electrons. The van der Waals surface area contributed by atoms with Crippen LogP contribution in [0.2, 0.25) is 0 Å². The number of carbonyl (C=O) groups excluding carboxylic acids is 1. The van der Waals surface area contributed by atoms with Crippen molar-refractivity contribution in [2.45, 2.75) is 6.92 Å². The van der Waals surface area contributed by atoms with Gasteiger partial charge >= 0.3 is 0 Å². The Morgan fingerprint density at radius 3 is 2.17 bits per heavy atom. The van der Waals surface area contributed by atoms with Crippen LogP contribution >= 0.6 is 0 Å². The summed E-state index contributed by atoms with van der Waals surface area (Å²) in [5, 5.41) is 0. The molecule has 0 saturated heterocycles. The molecule has 3 nitrogen and oxygen atoms in total. The summed E-state index contributed by atoms with van der Waals surface area (Å²) >= 11 is 0. The fraction of sp³-hybridized carbons (Fsp3) is 0.214. The molecule has 0 atom stereocenters. The number of hydrogen-bond donors (Lipinski definition) is 0. The van der Waals surface area contributed by atoms with Crippen LogP contribution in [-0.4, -0.2) is 19.7 Å². The third-order valence-electron chi connectivity index (χ3n) is 2.04. The Labute approximate surface area is 118 Å². The van der Waals surface area contributed by atoms with Crippen molar-refractivity contribution in [2.75, 3.05) is 13.7 Å². The van der Waals surface area contributed by atoms with E-state index in [1.54, 1.807) is 26.2 Å². The van der Waals surface area contributed by atoms with Crippen molar-refractivity contribution in [3.63, 3.8) is 0 Å². The van der Waals surface area contributed by atoms with E-state index in [2.05, 4.69) is 0 Å². The summed E-state index contributed by atoms with van der Waals surface area (Å²) in [6, 6.07) is 14.8. The molecule has 2 aromatic rings. The zero-order valence-corrected chi connectivity index (χ0v) is 11.5. The molecule has 0 amide bonds. The van der Waals surface area contributed by atoms with Crippen LogP contribution in [0.4, 0.5) is 0 Å². The molecule has 0 aliphatic heterocycles. The van der Waals surface area contributed by atoms with Crippen molar-refractivity contribution < 1.29 is 31.3 Å². The minimum atomic E-state index is -0.243. The van der Waals surface area contributed by atoms with E-state index < -0.39 is 0 Å². The first kappa shape index (κ1) is 16.5. The van der Waals surface area contributed by atoms with E-state index in [1.165, 1.54) is 0 Å². The summed E-state index contributed by atoms with van der Waals surface area (Å²) < 4.78 is 9.60. The average molecular weight is 288 g/mol. The van der Waals surface area contributed by atoms with Gasteiger partial charge in [-0.25, -0.2) is 12.1 Å². The summed E-state index contributed by atoms with van der Waals surface area (Å²) in [5.41, 5.74) is 0.627. The Balaban J connectivity index is 0.000000321. The second-order valence-electron chi connectivity index (χ2n) is 3.22. The van der Waals surface area contributed by atoms with Crippen LogP contribution < -0.4 is 4.74 Å². The molecule has 0 N–H and O–H groups in total. The van der Waals surface area contributed by atoms with Crippen molar-refractivity contribution in [3.05, 3.63) is 54.1 Å². The van der Waals surface area contributed by atoms with E-state index >= 15 is 0 Å². The van der Waals surface area contributed by atoms with E-state index in [1.807, 2.05) is 36.4 Å². The number of esters is 1. The summed E-state index contributed by atoms with van der Waals surface area (Å²) in [6.07, 6.45) is 0. The van der Waals surface area contributed by atoms with Gasteiger partial charge in [0.05, 0.1) is 6.61 Å². The van der Waals surface area contributed by atoms with Crippen LogP contribution in [0.5, 0.6) is 5.75 Å². The molecule has 0 aromatic heterocycles. The molecular formula is C14H16FeO3-6. The van der Waals surface area contributed by atoms with Crippen LogP contribution in [0.25, 0.3) is 0 Å². The van der Waals surface area contributed by atoms with Gasteiger partial charge in [0.1, 0.15) is 0 Å². The topological polar surface area (TPSA) is 35.5 Å². The molecule has 0 radical (unpaired) electrons. The van der Waals surface area contributed by atoms with E-state index in [9.17, 15) is 4.79 Å². The quantitative estimate of drug-likeness (QED) is 0.495. The smallest absolute Gasteiger partial charge is 0.281 e. The second-order valence-corrected chi connectivity index (χ2v) is 3.22. The van der Waals surface area contributed by atoms with Crippen molar-refractivity contribution in [1.29, 1.82) is 0 Å². The van der Waals surface area contributed by atoms with E-state index in [0.29, 0.717) is 12.2 Å². The van der Waals surface area contributed by atoms with Gasteiger partial charge in [-0.2, -0.15) is 12.1 Å². The zero-order valence-electron chi connectivity index (χ0n) is 10.4. The van der Waals surface area contributed by atoms with Crippen LogP contribution in [0.3, 0.4) is 0 Å².